The smallest absolute Gasteiger partial charge is 0.135 e. The second-order valence-corrected chi connectivity index (χ2v) is 4.17. The van der Waals surface area contributed by atoms with Gasteiger partial charge in [0.1, 0.15) is 17.2 Å². The van der Waals surface area contributed by atoms with Gasteiger partial charge in [-0.1, -0.05) is 24.3 Å². The maximum Gasteiger partial charge on any atom is 0.135 e. The topological polar surface area (TPSA) is 86.7 Å². The number of hydrogen-bond donors (Lipinski definition) is 4. The Hall–Kier alpha value is -2.62. The molecule has 0 amide bonds. The van der Waals surface area contributed by atoms with Crippen molar-refractivity contribution in [3.8, 4) is 17.2 Å². The van der Waals surface area contributed by atoms with Gasteiger partial charge in [0.2, 0.25) is 0 Å². The zero-order valence-corrected chi connectivity index (χ0v) is 9.38. The van der Waals surface area contributed by atoms with Gasteiger partial charge < -0.3 is 21.1 Å². The summed E-state index contributed by atoms with van der Waals surface area (Å²) in [5.41, 5.74) is 6.11. The lowest BCUT2D eigenvalue weighted by Gasteiger charge is -2.12. The normalized spacial score (nSPS) is 11.1. The van der Waals surface area contributed by atoms with E-state index in [1.807, 2.05) is 0 Å². The number of benzene rings is 3. The van der Waals surface area contributed by atoms with Gasteiger partial charge in [-0.3, -0.25) is 0 Å². The molecule has 0 atom stereocenters. The van der Waals surface area contributed by atoms with Crippen molar-refractivity contribution in [2.45, 2.75) is 0 Å². The van der Waals surface area contributed by atoms with Crippen LogP contribution in [0.2, 0.25) is 0 Å². The maximum atomic E-state index is 10.2. The van der Waals surface area contributed by atoms with E-state index in [2.05, 4.69) is 0 Å². The first-order valence-corrected chi connectivity index (χ1v) is 5.45. The Bertz CT molecular complexity index is 715. The minimum atomic E-state index is -0.113. The Morgan fingerprint density at radius 2 is 1.28 bits per heavy atom. The van der Waals surface area contributed by atoms with Crippen LogP contribution in [0.25, 0.3) is 21.5 Å². The minimum absolute atomic E-state index is 0.0354. The van der Waals surface area contributed by atoms with Crippen LogP contribution in [0.3, 0.4) is 0 Å². The average molecular weight is 241 g/mol. The van der Waals surface area contributed by atoms with Crippen LogP contribution in [0, 0.1) is 0 Å². The quantitative estimate of drug-likeness (QED) is 0.277. The molecule has 0 radical (unpaired) electrons. The summed E-state index contributed by atoms with van der Waals surface area (Å²) in [6.07, 6.45) is 0. The van der Waals surface area contributed by atoms with Crippen LogP contribution in [0.1, 0.15) is 0 Å². The Morgan fingerprint density at radius 3 is 1.89 bits per heavy atom. The Balaban J connectivity index is 2.72. The summed E-state index contributed by atoms with van der Waals surface area (Å²) in [6.45, 7) is 0. The predicted molar refractivity (Wildman–Crippen MR) is 70.9 cm³/mol. The third kappa shape index (κ3) is 1.20. The number of aromatic hydroxyl groups is 3. The molecule has 4 heteroatoms. The molecule has 0 aliphatic carbocycles. The van der Waals surface area contributed by atoms with Crippen LogP contribution >= 0.6 is 0 Å². The molecule has 0 aliphatic rings. The van der Waals surface area contributed by atoms with Gasteiger partial charge in [0.15, 0.2) is 0 Å². The van der Waals surface area contributed by atoms with Gasteiger partial charge in [-0.25, -0.2) is 0 Å². The Kier molecular flexibility index (Phi) is 2.01. The highest BCUT2D eigenvalue weighted by Gasteiger charge is 2.17. The molecule has 0 saturated carbocycles. The summed E-state index contributed by atoms with van der Waals surface area (Å²) in [7, 11) is 0. The zero-order valence-electron chi connectivity index (χ0n) is 9.38. The maximum absolute atomic E-state index is 10.2. The molecular formula is C14H11NO3. The van der Waals surface area contributed by atoms with E-state index in [1.165, 1.54) is 12.1 Å². The van der Waals surface area contributed by atoms with Gasteiger partial charge in [-0.2, -0.15) is 0 Å². The predicted octanol–water partition coefficient (Wildman–Crippen LogP) is 2.69. The van der Waals surface area contributed by atoms with Crippen molar-refractivity contribution in [2.75, 3.05) is 5.73 Å². The first-order valence-electron chi connectivity index (χ1n) is 5.45. The lowest BCUT2D eigenvalue weighted by atomic mass is 9.99. The van der Waals surface area contributed by atoms with E-state index in [-0.39, 0.29) is 28.0 Å². The van der Waals surface area contributed by atoms with Crippen molar-refractivity contribution in [3.05, 3.63) is 36.4 Å². The molecule has 0 saturated heterocycles. The van der Waals surface area contributed by atoms with Gasteiger partial charge >= 0.3 is 0 Å². The second kappa shape index (κ2) is 3.43. The van der Waals surface area contributed by atoms with Crippen LogP contribution in [0.4, 0.5) is 5.69 Å². The highest BCUT2D eigenvalue weighted by atomic mass is 16.3. The number of fused-ring (bicyclic) bond motifs is 2. The van der Waals surface area contributed by atoms with Crippen LogP contribution in [0.5, 0.6) is 17.2 Å². The van der Waals surface area contributed by atoms with Crippen molar-refractivity contribution in [2.24, 2.45) is 0 Å². The van der Waals surface area contributed by atoms with E-state index in [1.54, 1.807) is 24.3 Å². The summed E-state index contributed by atoms with van der Waals surface area (Å²) in [5.74, 6) is -0.229. The van der Waals surface area contributed by atoms with Crippen LogP contribution in [0.15, 0.2) is 36.4 Å². The molecule has 18 heavy (non-hydrogen) atoms. The fourth-order valence-electron chi connectivity index (χ4n) is 2.27. The van der Waals surface area contributed by atoms with E-state index in [0.717, 1.165) is 0 Å². The second-order valence-electron chi connectivity index (χ2n) is 4.17. The summed E-state index contributed by atoms with van der Waals surface area (Å²) in [5, 5.41) is 31.7. The number of phenols is 3. The summed E-state index contributed by atoms with van der Waals surface area (Å²) in [6, 6.07) is 9.75. The number of nitrogen functional groups attached to an aromatic ring is 1. The number of hydrogen-bond acceptors (Lipinski definition) is 4. The third-order valence-corrected chi connectivity index (χ3v) is 3.13. The van der Waals surface area contributed by atoms with Gasteiger partial charge in [0.05, 0.1) is 10.8 Å². The molecule has 5 N–H and O–H groups in total. The molecule has 3 rings (SSSR count). The molecule has 0 aromatic heterocycles. The van der Waals surface area contributed by atoms with Crippen molar-refractivity contribution in [3.63, 3.8) is 0 Å². The van der Waals surface area contributed by atoms with Gasteiger partial charge in [-0.15, -0.1) is 0 Å². The third-order valence-electron chi connectivity index (χ3n) is 3.13. The summed E-state index contributed by atoms with van der Waals surface area (Å²) >= 11 is 0. The van der Waals surface area contributed by atoms with Crippen molar-refractivity contribution in [1.82, 2.24) is 0 Å². The lowest BCUT2D eigenvalue weighted by molar-refractivity contribution is 0.463. The highest BCUT2D eigenvalue weighted by molar-refractivity contribution is 6.16. The molecule has 0 aliphatic heterocycles. The monoisotopic (exact) mass is 241 g/mol. The SMILES string of the molecule is Nc1ccc(O)c2c(O)c3ccccc3c(O)c12. The molecule has 0 heterocycles. The minimum Gasteiger partial charge on any atom is -0.507 e. The number of anilines is 1. The first-order chi connectivity index (χ1) is 8.61. The van der Waals surface area contributed by atoms with E-state index in [9.17, 15) is 15.3 Å². The van der Waals surface area contributed by atoms with Crippen molar-refractivity contribution >= 4 is 27.2 Å². The van der Waals surface area contributed by atoms with E-state index in [4.69, 9.17) is 5.73 Å². The van der Waals surface area contributed by atoms with Crippen molar-refractivity contribution < 1.29 is 15.3 Å². The Morgan fingerprint density at radius 1 is 0.722 bits per heavy atom. The standard InChI is InChI=1S/C14H11NO3/c15-9-5-6-10(16)12-11(9)13(17)7-3-1-2-4-8(7)14(12)18/h1-6,16-18H,15H2. The lowest BCUT2D eigenvalue weighted by Crippen LogP contribution is -1.89. The fourth-order valence-corrected chi connectivity index (χ4v) is 2.27. The average Bonchev–Trinajstić information content (AvgIpc) is 2.38. The Labute approximate surface area is 103 Å². The number of nitrogens with two attached hydrogens (primary N) is 1. The molecule has 90 valence electrons. The molecule has 3 aromatic carbocycles. The molecule has 0 unspecified atom stereocenters. The first kappa shape index (κ1) is 10.5. The summed E-state index contributed by atoms with van der Waals surface area (Å²) < 4.78 is 0. The van der Waals surface area contributed by atoms with E-state index >= 15 is 0 Å². The van der Waals surface area contributed by atoms with E-state index in [0.29, 0.717) is 16.5 Å². The van der Waals surface area contributed by atoms with Crippen LogP contribution < -0.4 is 5.73 Å². The molecule has 0 spiro atoms. The van der Waals surface area contributed by atoms with Gasteiger partial charge in [0, 0.05) is 16.5 Å². The van der Waals surface area contributed by atoms with Crippen molar-refractivity contribution in [1.29, 1.82) is 0 Å². The molecule has 4 nitrogen and oxygen atoms in total. The molecule has 0 bridgehead atoms. The number of rotatable bonds is 0. The molecular weight excluding hydrogens is 230 g/mol. The summed E-state index contributed by atoms with van der Waals surface area (Å²) in [4.78, 5) is 0. The highest BCUT2D eigenvalue weighted by Crippen LogP contribution is 2.46. The van der Waals surface area contributed by atoms with Gasteiger partial charge in [-0.05, 0) is 12.1 Å². The van der Waals surface area contributed by atoms with E-state index < -0.39 is 0 Å². The van der Waals surface area contributed by atoms with Crippen LogP contribution in [-0.2, 0) is 0 Å². The zero-order chi connectivity index (χ0) is 12.9. The van der Waals surface area contributed by atoms with Gasteiger partial charge in [0.25, 0.3) is 0 Å². The van der Waals surface area contributed by atoms with Crippen LogP contribution in [-0.4, -0.2) is 15.3 Å². The fraction of sp³-hybridized carbons (Fsp3) is 0. The molecule has 3 aromatic rings. The molecule has 0 fully saturated rings. The largest absolute Gasteiger partial charge is 0.507 e. The number of phenolic OH excluding ortho intramolecular Hbond substituents is 3.